The third-order valence-corrected chi connectivity index (χ3v) is 4.66. The fourth-order valence-electron chi connectivity index (χ4n) is 3.27. The molecule has 1 aliphatic rings. The number of rotatable bonds is 4. The highest BCUT2D eigenvalue weighted by Crippen LogP contribution is 2.15. The van der Waals surface area contributed by atoms with Crippen LogP contribution in [0.1, 0.15) is 40.8 Å². The molecule has 0 spiro atoms. The van der Waals surface area contributed by atoms with Crippen molar-refractivity contribution in [2.75, 3.05) is 13.1 Å². The number of hydrogen-bond acceptors (Lipinski definition) is 4. The quantitative estimate of drug-likeness (QED) is 0.759. The van der Waals surface area contributed by atoms with Crippen molar-refractivity contribution in [1.82, 2.24) is 29.8 Å². The van der Waals surface area contributed by atoms with Crippen LogP contribution in [-0.2, 0) is 6.54 Å². The molecule has 0 saturated carbocycles. The van der Waals surface area contributed by atoms with E-state index < -0.39 is 0 Å². The Hall–Kier alpha value is -2.67. The van der Waals surface area contributed by atoms with Gasteiger partial charge in [0.05, 0.1) is 18.3 Å². The topological polar surface area (TPSA) is 76.2 Å². The van der Waals surface area contributed by atoms with Crippen LogP contribution in [0.5, 0.6) is 0 Å². The van der Waals surface area contributed by atoms with E-state index in [2.05, 4.69) is 20.7 Å². The molecule has 1 aliphatic heterocycles. The number of nitrogens with zero attached hydrogens (tertiary/aromatic N) is 4. The van der Waals surface area contributed by atoms with E-state index in [1.165, 1.54) is 0 Å². The Labute approximate surface area is 146 Å². The summed E-state index contributed by atoms with van der Waals surface area (Å²) in [5.74, 6) is -0.170. The normalized spacial score (nSPS) is 17.7. The van der Waals surface area contributed by atoms with Crippen molar-refractivity contribution in [1.29, 1.82) is 0 Å². The lowest BCUT2D eigenvalue weighted by molar-refractivity contribution is 0.0944. The molecule has 1 amide bonds. The molecule has 0 bridgehead atoms. The molecule has 2 N–H and O–H groups in total. The summed E-state index contributed by atoms with van der Waals surface area (Å²) in [4.78, 5) is 16.9. The average Bonchev–Trinajstić information content (AvgIpc) is 3.28. The molecule has 25 heavy (non-hydrogen) atoms. The maximum absolute atomic E-state index is 12.4. The van der Waals surface area contributed by atoms with Crippen molar-refractivity contribution < 1.29 is 4.79 Å². The predicted molar refractivity (Wildman–Crippen MR) is 94.5 cm³/mol. The zero-order valence-electron chi connectivity index (χ0n) is 14.3. The van der Waals surface area contributed by atoms with Gasteiger partial charge in [-0.3, -0.25) is 9.48 Å². The van der Waals surface area contributed by atoms with E-state index in [1.807, 2.05) is 46.6 Å². The number of pyridine rings is 1. The minimum atomic E-state index is -0.170. The minimum absolute atomic E-state index is 0.170. The summed E-state index contributed by atoms with van der Waals surface area (Å²) in [6, 6.07) is 8.07. The minimum Gasteiger partial charge on any atom is -0.345 e. The number of hydrogen-bond donors (Lipinski definition) is 2. The first-order valence-corrected chi connectivity index (χ1v) is 8.68. The Kier molecular flexibility index (Phi) is 4.23. The first kappa shape index (κ1) is 15.8. The van der Waals surface area contributed by atoms with Crippen molar-refractivity contribution in [2.24, 2.45) is 0 Å². The molecule has 1 unspecified atom stereocenters. The zero-order chi connectivity index (χ0) is 17.2. The van der Waals surface area contributed by atoms with E-state index in [4.69, 9.17) is 0 Å². The molecule has 0 aromatic carbocycles. The summed E-state index contributed by atoms with van der Waals surface area (Å²) in [6.45, 7) is 4.38. The summed E-state index contributed by atoms with van der Waals surface area (Å²) < 4.78 is 3.92. The lowest BCUT2D eigenvalue weighted by Crippen LogP contribution is -2.32. The standard InChI is InChI=1S/C18H22N6O/c1-13-4-2-6-17-21-14(12-23(13)17)10-20-18(25)16-7-9-24(22-16)15-5-3-8-19-11-15/h2,4,6-7,9,12,15,19H,3,5,8,10-11H2,1H3,(H,20,25). The third-order valence-electron chi connectivity index (χ3n) is 4.66. The van der Waals surface area contributed by atoms with Gasteiger partial charge in [0.2, 0.25) is 0 Å². The number of aromatic nitrogens is 4. The van der Waals surface area contributed by atoms with Gasteiger partial charge in [-0.15, -0.1) is 0 Å². The van der Waals surface area contributed by atoms with Gasteiger partial charge < -0.3 is 15.0 Å². The van der Waals surface area contributed by atoms with Gasteiger partial charge >= 0.3 is 0 Å². The van der Waals surface area contributed by atoms with Gasteiger partial charge in [-0.2, -0.15) is 5.10 Å². The zero-order valence-corrected chi connectivity index (χ0v) is 14.3. The molecule has 1 fully saturated rings. The Morgan fingerprint density at radius 1 is 1.40 bits per heavy atom. The van der Waals surface area contributed by atoms with Gasteiger partial charge in [-0.1, -0.05) is 6.07 Å². The van der Waals surface area contributed by atoms with Gasteiger partial charge in [0.1, 0.15) is 11.3 Å². The Morgan fingerprint density at radius 2 is 2.32 bits per heavy atom. The molecule has 3 aromatic heterocycles. The van der Waals surface area contributed by atoms with E-state index in [9.17, 15) is 4.79 Å². The maximum Gasteiger partial charge on any atom is 0.272 e. The second-order valence-corrected chi connectivity index (χ2v) is 6.49. The van der Waals surface area contributed by atoms with Crippen molar-refractivity contribution >= 4 is 11.6 Å². The van der Waals surface area contributed by atoms with Crippen LogP contribution in [0.15, 0.2) is 36.7 Å². The van der Waals surface area contributed by atoms with Crippen molar-refractivity contribution in [3.63, 3.8) is 0 Å². The molecule has 1 atom stereocenters. The molecular formula is C18H22N6O. The lowest BCUT2D eigenvalue weighted by atomic mass is 10.1. The van der Waals surface area contributed by atoms with E-state index in [0.29, 0.717) is 18.3 Å². The molecular weight excluding hydrogens is 316 g/mol. The number of amides is 1. The summed E-state index contributed by atoms with van der Waals surface area (Å²) in [5.41, 5.74) is 3.28. The van der Waals surface area contributed by atoms with E-state index in [1.54, 1.807) is 6.07 Å². The number of carbonyl (C=O) groups excluding carboxylic acids is 1. The Balaban J connectivity index is 1.41. The van der Waals surface area contributed by atoms with Crippen LogP contribution in [0.4, 0.5) is 0 Å². The van der Waals surface area contributed by atoms with Gasteiger partial charge in [-0.05, 0) is 44.5 Å². The fourth-order valence-corrected chi connectivity index (χ4v) is 3.27. The molecule has 4 heterocycles. The summed E-state index contributed by atoms with van der Waals surface area (Å²) in [7, 11) is 0. The van der Waals surface area contributed by atoms with E-state index in [0.717, 1.165) is 43.0 Å². The molecule has 0 aliphatic carbocycles. The monoisotopic (exact) mass is 338 g/mol. The lowest BCUT2D eigenvalue weighted by Gasteiger charge is -2.22. The molecule has 7 heteroatoms. The molecule has 4 rings (SSSR count). The number of nitrogens with one attached hydrogen (secondary N) is 2. The van der Waals surface area contributed by atoms with Crippen LogP contribution in [-0.4, -0.2) is 38.2 Å². The Bertz CT molecular complexity index is 890. The average molecular weight is 338 g/mol. The van der Waals surface area contributed by atoms with Crippen LogP contribution in [0.3, 0.4) is 0 Å². The smallest absolute Gasteiger partial charge is 0.272 e. The molecule has 7 nitrogen and oxygen atoms in total. The fraction of sp³-hybridized carbons (Fsp3) is 0.389. The van der Waals surface area contributed by atoms with Crippen LogP contribution >= 0.6 is 0 Å². The van der Waals surface area contributed by atoms with Crippen molar-refractivity contribution in [3.8, 4) is 0 Å². The summed E-state index contributed by atoms with van der Waals surface area (Å²) >= 11 is 0. The summed E-state index contributed by atoms with van der Waals surface area (Å²) in [6.07, 6.45) is 6.08. The van der Waals surface area contributed by atoms with Crippen LogP contribution < -0.4 is 10.6 Å². The second-order valence-electron chi connectivity index (χ2n) is 6.49. The highest BCUT2D eigenvalue weighted by Gasteiger charge is 2.17. The number of aryl methyl sites for hydroxylation is 1. The number of fused-ring (bicyclic) bond motifs is 1. The summed E-state index contributed by atoms with van der Waals surface area (Å²) in [5, 5.41) is 10.7. The molecule has 0 radical (unpaired) electrons. The van der Waals surface area contributed by atoms with E-state index in [-0.39, 0.29) is 5.91 Å². The molecule has 3 aromatic rings. The van der Waals surface area contributed by atoms with Crippen LogP contribution in [0.25, 0.3) is 5.65 Å². The van der Waals surface area contributed by atoms with Crippen molar-refractivity contribution in [2.45, 2.75) is 32.4 Å². The first-order chi connectivity index (χ1) is 12.2. The SMILES string of the molecule is Cc1cccc2nc(CNC(=O)c3ccn(C4CCCNC4)n3)cn12. The van der Waals surface area contributed by atoms with Gasteiger partial charge in [0.15, 0.2) is 0 Å². The van der Waals surface area contributed by atoms with Crippen molar-refractivity contribution in [3.05, 3.63) is 53.7 Å². The molecule has 130 valence electrons. The highest BCUT2D eigenvalue weighted by atomic mass is 16.1. The third kappa shape index (κ3) is 3.28. The highest BCUT2D eigenvalue weighted by molar-refractivity contribution is 5.92. The Morgan fingerprint density at radius 3 is 3.12 bits per heavy atom. The van der Waals surface area contributed by atoms with Gasteiger partial charge in [0.25, 0.3) is 5.91 Å². The maximum atomic E-state index is 12.4. The largest absolute Gasteiger partial charge is 0.345 e. The van der Waals surface area contributed by atoms with Crippen LogP contribution in [0.2, 0.25) is 0 Å². The van der Waals surface area contributed by atoms with E-state index >= 15 is 0 Å². The van der Waals surface area contributed by atoms with Gasteiger partial charge in [0, 0.05) is 24.6 Å². The molecule has 1 saturated heterocycles. The van der Waals surface area contributed by atoms with Crippen LogP contribution in [0, 0.1) is 6.92 Å². The predicted octanol–water partition coefficient (Wildman–Crippen LogP) is 1.69. The number of piperidine rings is 1. The van der Waals surface area contributed by atoms with Gasteiger partial charge in [-0.25, -0.2) is 4.98 Å². The number of imidazole rings is 1. The number of carbonyl (C=O) groups is 1. The second kappa shape index (κ2) is 6.68. The first-order valence-electron chi connectivity index (χ1n) is 8.68.